The number of amides is 1. The molecule has 1 heterocycles. The largest absolute Gasteiger partial charge is 0.486 e. The maximum Gasteiger partial charge on any atom is 0.282 e. The molecule has 0 radical (unpaired) electrons. The molecular weight excluding hydrogens is 375 g/mol. The zero-order valence-corrected chi connectivity index (χ0v) is 16.2. The standard InChI is InChI=1S/C19H20Cl2N2O3/c1-12(23(2)11-13-4-3-5-15(20)18(13)21)19(24)22-14-6-7-16-17(10-14)26-9-8-25-16/h3-7,10,12H,8-9,11H2,1-2H3,(H,22,24)/p+1/t12-/m0/s1. The fraction of sp³-hybridized carbons (Fsp3) is 0.316. The fourth-order valence-corrected chi connectivity index (χ4v) is 3.12. The molecule has 2 aromatic rings. The topological polar surface area (TPSA) is 52.0 Å². The number of hydrogen-bond acceptors (Lipinski definition) is 3. The molecule has 2 aromatic carbocycles. The third kappa shape index (κ3) is 4.23. The summed E-state index contributed by atoms with van der Waals surface area (Å²) in [6, 6.07) is 10.6. The fourth-order valence-electron chi connectivity index (χ4n) is 2.73. The van der Waals surface area contributed by atoms with Gasteiger partial charge in [0, 0.05) is 17.3 Å². The van der Waals surface area contributed by atoms with E-state index in [0.29, 0.717) is 47.0 Å². The average Bonchev–Trinajstić information content (AvgIpc) is 2.64. The van der Waals surface area contributed by atoms with Crippen molar-refractivity contribution in [2.24, 2.45) is 0 Å². The molecule has 2 atom stereocenters. The number of anilines is 1. The SMILES string of the molecule is C[C@@H](C(=O)Nc1ccc2c(c1)OCCO2)[NH+](C)Cc1cccc(Cl)c1Cl. The van der Waals surface area contributed by atoms with Crippen LogP contribution in [0.5, 0.6) is 11.5 Å². The van der Waals surface area contributed by atoms with E-state index in [1.54, 1.807) is 24.3 Å². The maximum absolute atomic E-state index is 12.6. The second-order valence-corrected chi connectivity index (χ2v) is 7.09. The number of nitrogens with one attached hydrogen (secondary N) is 2. The van der Waals surface area contributed by atoms with E-state index in [1.807, 2.05) is 26.1 Å². The summed E-state index contributed by atoms with van der Waals surface area (Å²) in [7, 11) is 1.95. The van der Waals surface area contributed by atoms with Gasteiger partial charge in [-0.05, 0) is 25.1 Å². The van der Waals surface area contributed by atoms with Gasteiger partial charge in [-0.1, -0.05) is 35.3 Å². The quantitative estimate of drug-likeness (QED) is 0.818. The summed E-state index contributed by atoms with van der Waals surface area (Å²) in [5.74, 6) is 1.26. The summed E-state index contributed by atoms with van der Waals surface area (Å²) < 4.78 is 11.0. The van der Waals surface area contributed by atoms with E-state index >= 15 is 0 Å². The summed E-state index contributed by atoms with van der Waals surface area (Å²) in [5.41, 5.74) is 1.59. The molecule has 138 valence electrons. The summed E-state index contributed by atoms with van der Waals surface area (Å²) in [6.07, 6.45) is 0. The minimum absolute atomic E-state index is 0.0858. The molecule has 1 aliphatic rings. The Morgan fingerprint density at radius 1 is 1.19 bits per heavy atom. The van der Waals surface area contributed by atoms with E-state index in [0.717, 1.165) is 10.5 Å². The predicted octanol–water partition coefficient (Wildman–Crippen LogP) is 2.81. The molecule has 0 fully saturated rings. The van der Waals surface area contributed by atoms with Crippen LogP contribution in [0.3, 0.4) is 0 Å². The van der Waals surface area contributed by atoms with E-state index < -0.39 is 0 Å². The van der Waals surface area contributed by atoms with Gasteiger partial charge in [-0.2, -0.15) is 0 Å². The molecule has 1 aliphatic heterocycles. The van der Waals surface area contributed by atoms with Crippen molar-refractivity contribution in [1.29, 1.82) is 0 Å². The molecule has 26 heavy (non-hydrogen) atoms. The van der Waals surface area contributed by atoms with E-state index in [4.69, 9.17) is 32.7 Å². The molecule has 0 aromatic heterocycles. The van der Waals surface area contributed by atoms with Crippen molar-refractivity contribution in [2.45, 2.75) is 19.5 Å². The van der Waals surface area contributed by atoms with Gasteiger partial charge in [0.1, 0.15) is 19.8 Å². The number of rotatable bonds is 5. The molecule has 5 nitrogen and oxygen atoms in total. The van der Waals surface area contributed by atoms with Crippen molar-refractivity contribution in [2.75, 3.05) is 25.6 Å². The molecule has 7 heteroatoms. The number of ether oxygens (including phenoxy) is 2. The van der Waals surface area contributed by atoms with Crippen LogP contribution in [-0.2, 0) is 11.3 Å². The Labute approximate surface area is 162 Å². The molecule has 0 saturated heterocycles. The van der Waals surface area contributed by atoms with E-state index in [-0.39, 0.29) is 11.9 Å². The van der Waals surface area contributed by atoms with Crippen LogP contribution < -0.4 is 19.7 Å². The van der Waals surface area contributed by atoms with Crippen LogP contribution in [0.4, 0.5) is 5.69 Å². The van der Waals surface area contributed by atoms with Gasteiger partial charge in [0.15, 0.2) is 17.5 Å². The first-order valence-electron chi connectivity index (χ1n) is 8.41. The Morgan fingerprint density at radius 3 is 2.69 bits per heavy atom. The molecule has 0 spiro atoms. The van der Waals surface area contributed by atoms with Crippen molar-refractivity contribution in [3.05, 3.63) is 52.0 Å². The minimum atomic E-state index is -0.279. The number of carbonyl (C=O) groups is 1. The van der Waals surface area contributed by atoms with Gasteiger partial charge in [0.2, 0.25) is 0 Å². The second kappa shape index (κ2) is 8.16. The highest BCUT2D eigenvalue weighted by Gasteiger charge is 2.23. The number of quaternary nitrogens is 1. The molecule has 1 unspecified atom stereocenters. The smallest absolute Gasteiger partial charge is 0.282 e. The lowest BCUT2D eigenvalue weighted by Crippen LogP contribution is -3.12. The number of fused-ring (bicyclic) bond motifs is 1. The first kappa shape index (κ1) is 18.8. The third-order valence-electron chi connectivity index (χ3n) is 4.44. The molecule has 1 amide bonds. The maximum atomic E-state index is 12.6. The Bertz CT molecular complexity index is 813. The molecule has 0 saturated carbocycles. The van der Waals surface area contributed by atoms with Gasteiger partial charge >= 0.3 is 0 Å². The van der Waals surface area contributed by atoms with Crippen LogP contribution in [0.25, 0.3) is 0 Å². The van der Waals surface area contributed by atoms with Crippen molar-refractivity contribution in [3.8, 4) is 11.5 Å². The summed E-state index contributed by atoms with van der Waals surface area (Å²) >= 11 is 12.3. The molecule has 0 aliphatic carbocycles. The monoisotopic (exact) mass is 395 g/mol. The zero-order chi connectivity index (χ0) is 18.7. The predicted molar refractivity (Wildman–Crippen MR) is 103 cm³/mol. The summed E-state index contributed by atoms with van der Waals surface area (Å²) in [4.78, 5) is 13.6. The average molecular weight is 396 g/mol. The highest BCUT2D eigenvalue weighted by atomic mass is 35.5. The van der Waals surface area contributed by atoms with E-state index in [1.165, 1.54) is 0 Å². The first-order chi connectivity index (χ1) is 12.5. The van der Waals surface area contributed by atoms with Crippen molar-refractivity contribution < 1.29 is 19.2 Å². The lowest BCUT2D eigenvalue weighted by Gasteiger charge is -2.22. The molecule has 2 N–H and O–H groups in total. The van der Waals surface area contributed by atoms with Crippen LogP contribution in [0.15, 0.2) is 36.4 Å². The highest BCUT2D eigenvalue weighted by Crippen LogP contribution is 2.32. The van der Waals surface area contributed by atoms with Crippen LogP contribution in [0.2, 0.25) is 10.0 Å². The number of likely N-dealkylation sites (N-methyl/N-ethyl adjacent to an activating group) is 1. The molecular formula is C19H21Cl2N2O3+. The highest BCUT2D eigenvalue weighted by molar-refractivity contribution is 6.42. The van der Waals surface area contributed by atoms with Crippen LogP contribution in [0.1, 0.15) is 12.5 Å². The third-order valence-corrected chi connectivity index (χ3v) is 5.30. The van der Waals surface area contributed by atoms with Crippen LogP contribution >= 0.6 is 23.2 Å². The Morgan fingerprint density at radius 2 is 1.92 bits per heavy atom. The first-order valence-corrected chi connectivity index (χ1v) is 9.17. The van der Waals surface area contributed by atoms with Gasteiger partial charge in [-0.15, -0.1) is 0 Å². The number of carbonyl (C=O) groups excluding carboxylic acids is 1. The van der Waals surface area contributed by atoms with Gasteiger partial charge < -0.3 is 19.7 Å². The Kier molecular flexibility index (Phi) is 5.91. The van der Waals surface area contributed by atoms with Gasteiger partial charge in [-0.25, -0.2) is 0 Å². The van der Waals surface area contributed by atoms with E-state index in [9.17, 15) is 4.79 Å². The molecule has 0 bridgehead atoms. The number of benzene rings is 2. The van der Waals surface area contributed by atoms with Crippen molar-refractivity contribution in [3.63, 3.8) is 0 Å². The minimum Gasteiger partial charge on any atom is -0.486 e. The summed E-state index contributed by atoms with van der Waals surface area (Å²) in [5, 5.41) is 3.98. The normalized spacial score (nSPS) is 15.2. The zero-order valence-electron chi connectivity index (χ0n) is 14.6. The number of halogens is 2. The lowest BCUT2D eigenvalue weighted by atomic mass is 10.1. The van der Waals surface area contributed by atoms with Gasteiger partial charge in [-0.3, -0.25) is 4.79 Å². The van der Waals surface area contributed by atoms with E-state index in [2.05, 4.69) is 5.32 Å². The van der Waals surface area contributed by atoms with Crippen molar-refractivity contribution in [1.82, 2.24) is 0 Å². The number of hydrogen-bond donors (Lipinski definition) is 2. The van der Waals surface area contributed by atoms with Crippen molar-refractivity contribution >= 4 is 34.8 Å². The van der Waals surface area contributed by atoms with Gasteiger partial charge in [0.05, 0.1) is 17.1 Å². The lowest BCUT2D eigenvalue weighted by molar-refractivity contribution is -0.907. The second-order valence-electron chi connectivity index (χ2n) is 6.31. The Hall–Kier alpha value is -1.95. The summed E-state index contributed by atoms with van der Waals surface area (Å²) in [6.45, 7) is 3.51. The van der Waals surface area contributed by atoms with Crippen LogP contribution in [0, 0.1) is 0 Å². The van der Waals surface area contributed by atoms with Crippen LogP contribution in [-0.4, -0.2) is 32.2 Å². The Balaban J connectivity index is 1.64. The van der Waals surface area contributed by atoms with Gasteiger partial charge in [0.25, 0.3) is 5.91 Å². The molecule has 3 rings (SSSR count).